The summed E-state index contributed by atoms with van der Waals surface area (Å²) in [5, 5.41) is 5.59. The van der Waals surface area contributed by atoms with Crippen LogP contribution in [0.3, 0.4) is 0 Å². The maximum atomic E-state index is 6.12. The minimum absolute atomic E-state index is 0.135. The quantitative estimate of drug-likeness (QED) is 0.793. The lowest BCUT2D eigenvalue weighted by Crippen LogP contribution is -2.12. The molecule has 0 aliphatic carbocycles. The number of ether oxygens (including phenoxy) is 1. The third-order valence-electron chi connectivity index (χ3n) is 3.42. The molecule has 4 heteroatoms. The Balaban J connectivity index is 2.29. The van der Waals surface area contributed by atoms with E-state index >= 15 is 0 Å². The predicted molar refractivity (Wildman–Crippen MR) is 80.2 cm³/mol. The first-order chi connectivity index (χ1) is 9.72. The monoisotopic (exact) mass is 267 g/mol. The van der Waals surface area contributed by atoms with Crippen molar-refractivity contribution >= 4 is 10.9 Å². The Labute approximate surface area is 117 Å². The molecule has 0 spiro atoms. The molecule has 20 heavy (non-hydrogen) atoms. The van der Waals surface area contributed by atoms with E-state index in [1.54, 1.807) is 7.11 Å². The summed E-state index contributed by atoms with van der Waals surface area (Å²) in [6.45, 7) is 1.95. The van der Waals surface area contributed by atoms with Crippen LogP contribution >= 0.6 is 0 Å². The van der Waals surface area contributed by atoms with Gasteiger partial charge in [-0.1, -0.05) is 24.3 Å². The van der Waals surface area contributed by atoms with Gasteiger partial charge in [-0.25, -0.2) is 4.68 Å². The number of rotatable bonds is 3. The van der Waals surface area contributed by atoms with Crippen LogP contribution in [0.4, 0.5) is 0 Å². The van der Waals surface area contributed by atoms with Gasteiger partial charge in [-0.15, -0.1) is 0 Å². The van der Waals surface area contributed by atoms with Gasteiger partial charge < -0.3 is 10.5 Å². The molecule has 0 radical (unpaired) electrons. The van der Waals surface area contributed by atoms with E-state index in [4.69, 9.17) is 10.5 Å². The summed E-state index contributed by atoms with van der Waals surface area (Å²) < 4.78 is 7.35. The Bertz CT molecular complexity index is 746. The number of nitrogens with zero attached hydrogens (tertiary/aromatic N) is 2. The number of hydrogen-bond acceptors (Lipinski definition) is 3. The largest absolute Gasteiger partial charge is 0.496 e. The second-order valence-electron chi connectivity index (χ2n) is 4.80. The number of aromatic nitrogens is 2. The highest BCUT2D eigenvalue weighted by Crippen LogP contribution is 2.31. The number of fused-ring (bicyclic) bond motifs is 1. The van der Waals surface area contributed by atoms with Gasteiger partial charge >= 0.3 is 0 Å². The number of benzene rings is 2. The topological polar surface area (TPSA) is 53.1 Å². The molecular weight excluding hydrogens is 250 g/mol. The Kier molecular flexibility index (Phi) is 3.16. The molecule has 1 atom stereocenters. The second kappa shape index (κ2) is 4.98. The number of hydrogen-bond donors (Lipinski definition) is 1. The van der Waals surface area contributed by atoms with Crippen molar-refractivity contribution in [2.75, 3.05) is 7.11 Å². The SMILES string of the molecule is COc1cccc(-n2ncc3ccccc32)c1C(C)N. The van der Waals surface area contributed by atoms with Crippen LogP contribution in [0.5, 0.6) is 5.75 Å². The van der Waals surface area contributed by atoms with Crippen molar-refractivity contribution in [3.8, 4) is 11.4 Å². The highest BCUT2D eigenvalue weighted by molar-refractivity contribution is 5.80. The first kappa shape index (κ1) is 12.7. The normalized spacial score (nSPS) is 12.6. The maximum Gasteiger partial charge on any atom is 0.125 e. The van der Waals surface area contributed by atoms with Crippen LogP contribution in [0.2, 0.25) is 0 Å². The van der Waals surface area contributed by atoms with E-state index < -0.39 is 0 Å². The third kappa shape index (κ3) is 1.94. The first-order valence-electron chi connectivity index (χ1n) is 6.58. The van der Waals surface area contributed by atoms with Crippen molar-refractivity contribution in [3.05, 3.63) is 54.2 Å². The Morgan fingerprint density at radius 3 is 2.70 bits per heavy atom. The summed E-state index contributed by atoms with van der Waals surface area (Å²) >= 11 is 0. The fraction of sp³-hybridized carbons (Fsp3) is 0.188. The van der Waals surface area contributed by atoms with Crippen LogP contribution in [0.15, 0.2) is 48.7 Å². The molecule has 0 aliphatic rings. The zero-order valence-corrected chi connectivity index (χ0v) is 11.6. The molecule has 0 bridgehead atoms. The summed E-state index contributed by atoms with van der Waals surface area (Å²) in [7, 11) is 1.66. The molecule has 4 nitrogen and oxygen atoms in total. The van der Waals surface area contributed by atoms with Crippen molar-refractivity contribution in [1.82, 2.24) is 9.78 Å². The molecule has 0 saturated carbocycles. The average Bonchev–Trinajstić information content (AvgIpc) is 2.90. The maximum absolute atomic E-state index is 6.12. The van der Waals surface area contributed by atoms with Gasteiger partial charge in [0.15, 0.2) is 0 Å². The summed E-state index contributed by atoms with van der Waals surface area (Å²) in [4.78, 5) is 0. The summed E-state index contributed by atoms with van der Waals surface area (Å²) in [5.74, 6) is 0.789. The van der Waals surface area contributed by atoms with Crippen molar-refractivity contribution < 1.29 is 4.74 Å². The van der Waals surface area contributed by atoms with Crippen molar-refractivity contribution in [3.63, 3.8) is 0 Å². The molecule has 1 heterocycles. The van der Waals surface area contributed by atoms with Gasteiger partial charge in [0.2, 0.25) is 0 Å². The van der Waals surface area contributed by atoms with Crippen LogP contribution in [0, 0.1) is 0 Å². The first-order valence-corrected chi connectivity index (χ1v) is 6.58. The van der Waals surface area contributed by atoms with E-state index in [0.717, 1.165) is 27.9 Å². The Morgan fingerprint density at radius 2 is 1.95 bits per heavy atom. The van der Waals surface area contributed by atoms with Gasteiger partial charge in [-0.3, -0.25) is 0 Å². The smallest absolute Gasteiger partial charge is 0.125 e. The molecule has 3 rings (SSSR count). The average molecular weight is 267 g/mol. The highest BCUT2D eigenvalue weighted by atomic mass is 16.5. The van der Waals surface area contributed by atoms with Crippen LogP contribution < -0.4 is 10.5 Å². The molecule has 102 valence electrons. The van der Waals surface area contributed by atoms with E-state index in [-0.39, 0.29) is 6.04 Å². The molecule has 0 saturated heterocycles. The van der Waals surface area contributed by atoms with E-state index in [2.05, 4.69) is 5.10 Å². The number of methoxy groups -OCH3 is 1. The van der Waals surface area contributed by atoms with Gasteiger partial charge in [0, 0.05) is 17.0 Å². The molecule has 1 aromatic heterocycles. The third-order valence-corrected chi connectivity index (χ3v) is 3.42. The van der Waals surface area contributed by atoms with Gasteiger partial charge in [0.25, 0.3) is 0 Å². The minimum Gasteiger partial charge on any atom is -0.496 e. The van der Waals surface area contributed by atoms with Gasteiger partial charge in [0.05, 0.1) is 24.5 Å². The molecule has 0 aliphatic heterocycles. The van der Waals surface area contributed by atoms with Crippen LogP contribution in [-0.2, 0) is 0 Å². The Morgan fingerprint density at radius 1 is 1.15 bits per heavy atom. The summed E-state index contributed by atoms with van der Waals surface area (Å²) in [6.07, 6.45) is 1.86. The van der Waals surface area contributed by atoms with E-state index in [9.17, 15) is 0 Å². The van der Waals surface area contributed by atoms with Crippen LogP contribution in [0.25, 0.3) is 16.6 Å². The van der Waals surface area contributed by atoms with Gasteiger partial charge in [-0.05, 0) is 25.1 Å². The number of para-hydroxylation sites is 1. The minimum atomic E-state index is -0.135. The lowest BCUT2D eigenvalue weighted by molar-refractivity contribution is 0.406. The van der Waals surface area contributed by atoms with Crippen molar-refractivity contribution in [2.24, 2.45) is 5.73 Å². The zero-order valence-electron chi connectivity index (χ0n) is 11.6. The van der Waals surface area contributed by atoms with Crippen molar-refractivity contribution in [1.29, 1.82) is 0 Å². The fourth-order valence-corrected chi connectivity index (χ4v) is 2.52. The van der Waals surface area contributed by atoms with Crippen LogP contribution in [-0.4, -0.2) is 16.9 Å². The van der Waals surface area contributed by atoms with Crippen LogP contribution in [0.1, 0.15) is 18.5 Å². The predicted octanol–water partition coefficient (Wildman–Crippen LogP) is 3.05. The standard InChI is InChI=1S/C16H17N3O/c1-11(17)16-14(8-5-9-15(16)20-2)19-13-7-4-3-6-12(13)10-18-19/h3-11H,17H2,1-2H3. The van der Waals surface area contributed by atoms with E-state index in [1.807, 2.05) is 60.3 Å². The van der Waals surface area contributed by atoms with E-state index in [1.165, 1.54) is 0 Å². The molecule has 2 N–H and O–H groups in total. The zero-order chi connectivity index (χ0) is 14.1. The molecular formula is C16H17N3O. The lowest BCUT2D eigenvalue weighted by Gasteiger charge is -2.17. The van der Waals surface area contributed by atoms with Crippen molar-refractivity contribution in [2.45, 2.75) is 13.0 Å². The van der Waals surface area contributed by atoms with E-state index in [0.29, 0.717) is 0 Å². The Hall–Kier alpha value is -2.33. The molecule has 3 aromatic rings. The van der Waals surface area contributed by atoms with Gasteiger partial charge in [0.1, 0.15) is 5.75 Å². The second-order valence-corrected chi connectivity index (χ2v) is 4.80. The number of nitrogens with two attached hydrogens (primary N) is 1. The molecule has 0 fully saturated rings. The lowest BCUT2D eigenvalue weighted by atomic mass is 10.1. The highest BCUT2D eigenvalue weighted by Gasteiger charge is 2.16. The summed E-state index contributed by atoms with van der Waals surface area (Å²) in [5.41, 5.74) is 9.10. The molecule has 1 unspecified atom stereocenters. The molecule has 0 amide bonds. The summed E-state index contributed by atoms with van der Waals surface area (Å²) in [6, 6.07) is 13.9. The van der Waals surface area contributed by atoms with Gasteiger partial charge in [-0.2, -0.15) is 5.10 Å². The fourth-order valence-electron chi connectivity index (χ4n) is 2.52. The molecule has 2 aromatic carbocycles.